The SMILES string of the molecule is COc1ccc(P(=O)(c2ccc(CO)cc2)c2ccc(-c3cccc(-c4ccc(P(=O)(c5ccc(CO)cc5)c5ccc(CO)cc5)cc4)c3)cc2)cc1. The predicted molar refractivity (Wildman–Crippen MR) is 220 cm³/mol. The summed E-state index contributed by atoms with van der Waals surface area (Å²) < 4.78 is 35.5. The van der Waals surface area contributed by atoms with Gasteiger partial charge in [0.1, 0.15) is 5.75 Å². The van der Waals surface area contributed by atoms with Crippen LogP contribution in [0.4, 0.5) is 0 Å². The molecular formula is C46H40O6P2. The van der Waals surface area contributed by atoms with Crippen LogP contribution >= 0.6 is 14.3 Å². The molecule has 0 bridgehead atoms. The fourth-order valence-electron chi connectivity index (χ4n) is 6.73. The van der Waals surface area contributed by atoms with Gasteiger partial charge >= 0.3 is 0 Å². The summed E-state index contributed by atoms with van der Waals surface area (Å²) in [6.45, 7) is -0.287. The Balaban J connectivity index is 1.21. The summed E-state index contributed by atoms with van der Waals surface area (Å²) in [4.78, 5) is 0. The predicted octanol–water partition coefficient (Wildman–Crippen LogP) is 6.78. The van der Waals surface area contributed by atoms with Crippen LogP contribution in [0.1, 0.15) is 16.7 Å². The van der Waals surface area contributed by atoms with E-state index in [-0.39, 0.29) is 19.8 Å². The van der Waals surface area contributed by atoms with Crippen molar-refractivity contribution in [2.24, 2.45) is 0 Å². The molecule has 0 aliphatic heterocycles. The molecule has 7 rings (SSSR count). The number of aliphatic hydroxyl groups is 3. The minimum atomic E-state index is -3.28. The molecule has 0 spiro atoms. The van der Waals surface area contributed by atoms with E-state index in [0.717, 1.165) is 38.9 Å². The third-order valence-corrected chi connectivity index (χ3v) is 16.0. The number of rotatable bonds is 12. The first-order chi connectivity index (χ1) is 26.3. The van der Waals surface area contributed by atoms with Crippen molar-refractivity contribution in [3.63, 3.8) is 0 Å². The Morgan fingerprint density at radius 3 is 0.944 bits per heavy atom. The number of aliphatic hydroxyl groups excluding tert-OH is 3. The van der Waals surface area contributed by atoms with Gasteiger partial charge < -0.3 is 29.2 Å². The van der Waals surface area contributed by atoms with Crippen LogP contribution in [0.25, 0.3) is 22.3 Å². The van der Waals surface area contributed by atoms with E-state index in [1.807, 2.05) is 127 Å². The molecule has 7 aromatic carbocycles. The highest BCUT2D eigenvalue weighted by molar-refractivity contribution is 7.85. The second kappa shape index (κ2) is 16.0. The van der Waals surface area contributed by atoms with Gasteiger partial charge in [-0.2, -0.15) is 0 Å². The van der Waals surface area contributed by atoms with Crippen LogP contribution in [0.3, 0.4) is 0 Å². The molecular weight excluding hydrogens is 710 g/mol. The molecule has 0 amide bonds. The fourth-order valence-corrected chi connectivity index (χ4v) is 11.9. The maximum atomic E-state index is 15.1. The molecule has 0 saturated carbocycles. The van der Waals surface area contributed by atoms with Gasteiger partial charge in [0.25, 0.3) is 0 Å². The Hall–Kier alpha value is -5.32. The zero-order valence-corrected chi connectivity index (χ0v) is 31.5. The molecule has 0 aromatic heterocycles. The fraction of sp³-hybridized carbons (Fsp3) is 0.0870. The number of hydrogen-bond donors (Lipinski definition) is 3. The Bertz CT molecular complexity index is 2170. The molecule has 0 aliphatic carbocycles. The normalized spacial score (nSPS) is 12.6. The Morgan fingerprint density at radius 1 is 0.389 bits per heavy atom. The van der Waals surface area contributed by atoms with Gasteiger partial charge in [0.2, 0.25) is 0 Å². The zero-order valence-electron chi connectivity index (χ0n) is 29.7. The van der Waals surface area contributed by atoms with Crippen molar-refractivity contribution < 1.29 is 29.2 Å². The quantitative estimate of drug-likeness (QED) is 0.119. The van der Waals surface area contributed by atoms with Crippen molar-refractivity contribution in [2.75, 3.05) is 7.11 Å². The van der Waals surface area contributed by atoms with E-state index in [0.29, 0.717) is 37.6 Å². The summed E-state index contributed by atoms with van der Waals surface area (Å²) in [6, 6.07) is 52.9. The van der Waals surface area contributed by atoms with Gasteiger partial charge in [-0.3, -0.25) is 0 Å². The van der Waals surface area contributed by atoms with Crippen molar-refractivity contribution in [3.05, 3.63) is 187 Å². The lowest BCUT2D eigenvalue weighted by Crippen LogP contribution is -2.25. The molecule has 1 atom stereocenters. The second-order valence-corrected chi connectivity index (χ2v) is 18.6. The van der Waals surface area contributed by atoms with E-state index in [1.54, 1.807) is 43.5 Å². The summed E-state index contributed by atoms with van der Waals surface area (Å²) in [5, 5.41) is 32.9. The first-order valence-electron chi connectivity index (χ1n) is 17.6. The van der Waals surface area contributed by atoms with E-state index in [9.17, 15) is 15.3 Å². The highest BCUT2D eigenvalue weighted by Crippen LogP contribution is 2.44. The van der Waals surface area contributed by atoms with Gasteiger partial charge in [-0.1, -0.05) is 140 Å². The van der Waals surface area contributed by atoms with Crippen LogP contribution in [-0.2, 0) is 29.0 Å². The van der Waals surface area contributed by atoms with Gasteiger partial charge in [-0.15, -0.1) is 0 Å². The average Bonchev–Trinajstić information content (AvgIpc) is 3.26. The second-order valence-electron chi connectivity index (χ2n) is 13.1. The average molecular weight is 751 g/mol. The summed E-state index contributed by atoms with van der Waals surface area (Å²) >= 11 is 0. The molecule has 3 N–H and O–H groups in total. The van der Waals surface area contributed by atoms with Crippen LogP contribution in [-0.4, -0.2) is 22.4 Å². The maximum Gasteiger partial charge on any atom is 0.171 e. The molecule has 0 heterocycles. The third kappa shape index (κ3) is 7.15. The van der Waals surface area contributed by atoms with Crippen LogP contribution in [0, 0.1) is 0 Å². The summed E-state index contributed by atoms with van der Waals surface area (Å²) in [5.74, 6) is 0.682. The van der Waals surface area contributed by atoms with E-state index in [1.165, 1.54) is 0 Å². The summed E-state index contributed by atoms with van der Waals surface area (Å²) in [5.41, 5.74) is 6.15. The lowest BCUT2D eigenvalue weighted by Gasteiger charge is -2.21. The molecule has 1 unspecified atom stereocenters. The highest BCUT2D eigenvalue weighted by Gasteiger charge is 2.31. The molecule has 7 aromatic rings. The van der Waals surface area contributed by atoms with E-state index in [2.05, 4.69) is 6.07 Å². The van der Waals surface area contributed by atoms with E-state index < -0.39 is 14.3 Å². The number of hydrogen-bond acceptors (Lipinski definition) is 6. The standard InChI is InChI=1S/C46H40O6P2/c1-52-40-15-27-46(28-16-40)54(51,43-21-9-35(32-49)10-22-43)45-25-13-37(14-26-45)39-4-2-3-38(29-39)36-11-23-44(24-12-36)53(50,41-17-5-33(30-47)6-18-41)42-19-7-34(31-48)8-20-42/h2-29,47-49H,30-32H2,1H3. The molecule has 0 fully saturated rings. The highest BCUT2D eigenvalue weighted by atomic mass is 31.2. The molecule has 54 heavy (non-hydrogen) atoms. The monoisotopic (exact) mass is 750 g/mol. The Kier molecular flexibility index (Phi) is 10.9. The van der Waals surface area contributed by atoms with Crippen LogP contribution in [0.5, 0.6) is 5.75 Å². The topological polar surface area (TPSA) is 104 Å². The van der Waals surface area contributed by atoms with E-state index >= 15 is 9.13 Å². The molecule has 0 saturated heterocycles. The van der Waals surface area contributed by atoms with Crippen molar-refractivity contribution >= 4 is 46.1 Å². The number of benzene rings is 7. The first-order valence-corrected chi connectivity index (χ1v) is 21.0. The van der Waals surface area contributed by atoms with Crippen molar-refractivity contribution in [1.29, 1.82) is 0 Å². The molecule has 270 valence electrons. The number of ether oxygens (including phenoxy) is 1. The van der Waals surface area contributed by atoms with Gasteiger partial charge in [-0.25, -0.2) is 0 Å². The Labute approximate surface area is 315 Å². The van der Waals surface area contributed by atoms with Crippen LogP contribution < -0.4 is 36.6 Å². The van der Waals surface area contributed by atoms with Gasteiger partial charge in [0, 0.05) is 31.8 Å². The van der Waals surface area contributed by atoms with E-state index in [4.69, 9.17) is 4.74 Å². The largest absolute Gasteiger partial charge is 0.497 e. The molecule has 8 heteroatoms. The first kappa shape index (κ1) is 37.0. The van der Waals surface area contributed by atoms with Crippen molar-refractivity contribution in [2.45, 2.75) is 19.8 Å². The lowest BCUT2D eigenvalue weighted by atomic mass is 9.99. The van der Waals surface area contributed by atoms with Gasteiger partial charge in [0.05, 0.1) is 26.9 Å². The minimum Gasteiger partial charge on any atom is -0.497 e. The number of methoxy groups -OCH3 is 1. The third-order valence-electron chi connectivity index (χ3n) is 9.87. The van der Waals surface area contributed by atoms with Gasteiger partial charge in [-0.05, 0) is 69.3 Å². The molecule has 6 nitrogen and oxygen atoms in total. The Morgan fingerprint density at radius 2 is 0.667 bits per heavy atom. The summed E-state index contributed by atoms with van der Waals surface area (Å²) in [6.07, 6.45) is 0. The zero-order chi connectivity index (χ0) is 37.7. The van der Waals surface area contributed by atoms with Crippen LogP contribution in [0.15, 0.2) is 170 Å². The maximum absolute atomic E-state index is 15.1. The van der Waals surface area contributed by atoms with Crippen LogP contribution in [0.2, 0.25) is 0 Å². The summed E-state index contributed by atoms with van der Waals surface area (Å²) in [7, 11) is -4.94. The van der Waals surface area contributed by atoms with Gasteiger partial charge in [0.15, 0.2) is 14.3 Å². The molecule has 0 aliphatic rings. The lowest BCUT2D eigenvalue weighted by molar-refractivity contribution is 0.281. The minimum absolute atomic E-state index is 0.0904. The van der Waals surface area contributed by atoms with Crippen molar-refractivity contribution in [1.82, 2.24) is 0 Å². The van der Waals surface area contributed by atoms with Crippen molar-refractivity contribution in [3.8, 4) is 28.0 Å². The smallest absolute Gasteiger partial charge is 0.171 e. The molecule has 0 radical (unpaired) electrons.